The molecule has 1 aliphatic heterocycles. The molecule has 0 amide bonds. The van der Waals surface area contributed by atoms with Crippen molar-refractivity contribution in [2.75, 3.05) is 31.4 Å². The van der Waals surface area contributed by atoms with Crippen LogP contribution in [0.5, 0.6) is 5.75 Å². The predicted molar refractivity (Wildman–Crippen MR) is 134 cm³/mol. The standard InChI is InChI=1S/C24H30FN3O5S2/c1-5-7-9-18-15-28(17-10-8-11-26-14-17)20-12-22(34-4)21(13-23(20)35(30,31)27(18)3)33-16-19(25)24(29)32-6-2/h8,10-14,16,18H,5-7,9,15H2,1-4H3/b19-16-. The Bertz CT molecular complexity index is 1180. The number of pyridine rings is 1. The lowest BCUT2D eigenvalue weighted by atomic mass is 10.1. The number of ether oxygens (including phenoxy) is 2. The molecule has 0 aliphatic carbocycles. The first-order valence-corrected chi connectivity index (χ1v) is 14.0. The molecule has 0 N–H and O–H groups in total. The average Bonchev–Trinajstić information content (AvgIpc) is 2.94. The van der Waals surface area contributed by atoms with Crippen molar-refractivity contribution < 1.29 is 27.1 Å². The minimum Gasteiger partial charge on any atom is -0.461 e. The number of hydrogen-bond acceptors (Lipinski definition) is 8. The van der Waals surface area contributed by atoms with E-state index >= 15 is 0 Å². The van der Waals surface area contributed by atoms with Crippen molar-refractivity contribution in [3.05, 3.63) is 48.7 Å². The van der Waals surface area contributed by atoms with Crippen LogP contribution in [0.2, 0.25) is 0 Å². The third-order valence-electron chi connectivity index (χ3n) is 5.71. The summed E-state index contributed by atoms with van der Waals surface area (Å²) < 4.78 is 53.0. The van der Waals surface area contributed by atoms with Crippen molar-refractivity contribution in [3.8, 4) is 5.75 Å². The molecule has 0 radical (unpaired) electrons. The Morgan fingerprint density at radius 2 is 2.11 bits per heavy atom. The first-order valence-electron chi connectivity index (χ1n) is 11.3. The number of hydrogen-bond donors (Lipinski definition) is 0. The molecule has 1 unspecified atom stereocenters. The number of sulfonamides is 1. The highest BCUT2D eigenvalue weighted by Crippen LogP contribution is 2.43. The van der Waals surface area contributed by atoms with Crippen molar-refractivity contribution in [2.24, 2.45) is 0 Å². The molecule has 1 aromatic heterocycles. The Morgan fingerprint density at radius 1 is 1.34 bits per heavy atom. The van der Waals surface area contributed by atoms with Gasteiger partial charge in [-0.15, -0.1) is 11.8 Å². The van der Waals surface area contributed by atoms with Gasteiger partial charge in [-0.25, -0.2) is 13.2 Å². The maximum atomic E-state index is 14.1. The van der Waals surface area contributed by atoms with Gasteiger partial charge in [0.05, 0.1) is 29.1 Å². The van der Waals surface area contributed by atoms with E-state index in [-0.39, 0.29) is 23.3 Å². The van der Waals surface area contributed by atoms with Gasteiger partial charge in [0.25, 0.3) is 0 Å². The van der Waals surface area contributed by atoms with Gasteiger partial charge in [0.2, 0.25) is 15.9 Å². The summed E-state index contributed by atoms with van der Waals surface area (Å²) in [5.41, 5.74) is 1.24. The molecule has 1 aromatic carbocycles. The Balaban J connectivity index is 2.16. The lowest BCUT2D eigenvalue weighted by Crippen LogP contribution is -2.40. The molecule has 0 spiro atoms. The summed E-state index contributed by atoms with van der Waals surface area (Å²) in [5.74, 6) is -2.25. The van der Waals surface area contributed by atoms with Gasteiger partial charge in [0.1, 0.15) is 16.9 Å². The monoisotopic (exact) mass is 523 g/mol. The third-order valence-corrected chi connectivity index (χ3v) is 8.41. The smallest absolute Gasteiger partial charge is 0.370 e. The normalized spacial score (nSPS) is 18.0. The molecule has 0 saturated heterocycles. The maximum Gasteiger partial charge on any atom is 0.370 e. The number of fused-ring (bicyclic) bond motifs is 1. The molecule has 190 valence electrons. The number of rotatable bonds is 9. The molecule has 1 atom stereocenters. The zero-order valence-corrected chi connectivity index (χ0v) is 21.9. The second-order valence-corrected chi connectivity index (χ2v) is 10.7. The van der Waals surface area contributed by atoms with E-state index in [2.05, 4.69) is 16.6 Å². The average molecular weight is 524 g/mol. The molecule has 3 rings (SSSR count). The van der Waals surface area contributed by atoms with Gasteiger partial charge < -0.3 is 14.4 Å². The number of aromatic nitrogens is 1. The van der Waals surface area contributed by atoms with Crippen LogP contribution in [-0.2, 0) is 19.6 Å². The van der Waals surface area contributed by atoms with E-state index in [9.17, 15) is 17.6 Å². The highest BCUT2D eigenvalue weighted by molar-refractivity contribution is 7.98. The van der Waals surface area contributed by atoms with Crippen LogP contribution in [0.25, 0.3) is 0 Å². The van der Waals surface area contributed by atoms with E-state index in [1.54, 1.807) is 44.8 Å². The van der Waals surface area contributed by atoms with Crippen molar-refractivity contribution >= 4 is 39.1 Å². The molecule has 1 aliphatic rings. The Kier molecular flexibility index (Phi) is 9.15. The summed E-state index contributed by atoms with van der Waals surface area (Å²) in [6.45, 7) is 4.09. The van der Waals surface area contributed by atoms with Crippen LogP contribution in [0.4, 0.5) is 15.8 Å². The third kappa shape index (κ3) is 5.96. The molecule has 8 nitrogen and oxygen atoms in total. The fraction of sp³-hybridized carbons (Fsp3) is 0.417. The summed E-state index contributed by atoms with van der Waals surface area (Å²) in [5, 5.41) is 0. The van der Waals surface area contributed by atoms with E-state index in [1.807, 2.05) is 11.0 Å². The van der Waals surface area contributed by atoms with Gasteiger partial charge in [-0.1, -0.05) is 19.8 Å². The van der Waals surface area contributed by atoms with Crippen molar-refractivity contribution in [3.63, 3.8) is 0 Å². The summed E-state index contributed by atoms with van der Waals surface area (Å²) in [7, 11) is -2.33. The van der Waals surface area contributed by atoms with Crippen molar-refractivity contribution in [2.45, 2.75) is 48.9 Å². The molecular formula is C24H30FN3O5S2. The highest BCUT2D eigenvalue weighted by atomic mass is 32.2. The van der Waals surface area contributed by atoms with E-state index in [0.29, 0.717) is 29.8 Å². The Morgan fingerprint density at radius 3 is 2.74 bits per heavy atom. The molecule has 2 aromatic rings. The van der Waals surface area contributed by atoms with Gasteiger partial charge in [-0.05, 0) is 37.8 Å². The summed E-state index contributed by atoms with van der Waals surface area (Å²) in [6, 6.07) is 6.51. The van der Waals surface area contributed by atoms with Gasteiger partial charge in [-0.3, -0.25) is 4.98 Å². The number of likely N-dealkylation sites (N-methyl/N-ethyl adjacent to an activating group) is 1. The topological polar surface area (TPSA) is 89.0 Å². The van der Waals surface area contributed by atoms with Crippen LogP contribution in [0.1, 0.15) is 33.1 Å². The van der Waals surface area contributed by atoms with Crippen LogP contribution in [0.15, 0.2) is 58.5 Å². The first-order chi connectivity index (χ1) is 16.7. The van der Waals surface area contributed by atoms with Gasteiger partial charge in [0, 0.05) is 31.9 Å². The van der Waals surface area contributed by atoms with Crippen LogP contribution >= 0.6 is 11.8 Å². The second kappa shape index (κ2) is 11.9. The van der Waals surface area contributed by atoms with Crippen LogP contribution < -0.4 is 9.64 Å². The SMILES string of the molecule is CCCCC1CN(c2cccnc2)c2cc(SC)c(O/C=C(\F)C(=O)OCC)cc2S(=O)(=O)N1C. The van der Waals surface area contributed by atoms with E-state index in [1.165, 1.54) is 22.1 Å². The predicted octanol–water partition coefficient (Wildman–Crippen LogP) is 4.89. The number of benzene rings is 1. The zero-order chi connectivity index (χ0) is 25.6. The zero-order valence-electron chi connectivity index (χ0n) is 20.2. The number of nitrogens with zero attached hydrogens (tertiary/aromatic N) is 3. The molecule has 0 bridgehead atoms. The van der Waals surface area contributed by atoms with E-state index < -0.39 is 21.8 Å². The lowest BCUT2D eigenvalue weighted by Gasteiger charge is -2.29. The van der Waals surface area contributed by atoms with E-state index in [0.717, 1.165) is 18.5 Å². The van der Waals surface area contributed by atoms with Gasteiger partial charge >= 0.3 is 5.97 Å². The summed E-state index contributed by atoms with van der Waals surface area (Å²) in [6.07, 6.45) is 8.31. The Labute approximate surface area is 210 Å². The number of anilines is 2. The van der Waals surface area contributed by atoms with Gasteiger partial charge in [-0.2, -0.15) is 8.70 Å². The molecular weight excluding hydrogens is 493 g/mol. The quantitative estimate of drug-likeness (QED) is 0.199. The van der Waals surface area contributed by atoms with Gasteiger partial charge in [0.15, 0.2) is 0 Å². The summed E-state index contributed by atoms with van der Waals surface area (Å²) in [4.78, 5) is 18.4. The minimum atomic E-state index is -3.91. The molecule has 35 heavy (non-hydrogen) atoms. The number of unbranched alkanes of at least 4 members (excludes halogenated alkanes) is 1. The fourth-order valence-corrected chi connectivity index (χ4v) is 5.91. The number of esters is 1. The number of thioether (sulfide) groups is 1. The molecule has 0 fully saturated rings. The van der Waals surface area contributed by atoms with E-state index in [4.69, 9.17) is 4.74 Å². The fourth-order valence-electron chi connectivity index (χ4n) is 3.81. The number of carbonyl (C=O) groups excluding carboxylic acids is 1. The van der Waals surface area contributed by atoms with Crippen LogP contribution in [0.3, 0.4) is 0 Å². The second-order valence-electron chi connectivity index (χ2n) is 7.91. The molecule has 0 saturated carbocycles. The highest BCUT2D eigenvalue weighted by Gasteiger charge is 2.37. The van der Waals surface area contributed by atoms with Crippen molar-refractivity contribution in [1.29, 1.82) is 0 Å². The summed E-state index contributed by atoms with van der Waals surface area (Å²) >= 11 is 1.31. The maximum absolute atomic E-state index is 14.1. The Hall–Kier alpha value is -2.63. The minimum absolute atomic E-state index is 0.0168. The van der Waals surface area contributed by atoms with Crippen LogP contribution in [0, 0.1) is 0 Å². The number of carbonyl (C=O) groups is 1. The van der Waals surface area contributed by atoms with Crippen LogP contribution in [-0.4, -0.2) is 56.2 Å². The number of halogens is 1. The molecule has 11 heteroatoms. The van der Waals surface area contributed by atoms with Crippen molar-refractivity contribution in [1.82, 2.24) is 9.29 Å². The molecule has 2 heterocycles. The lowest BCUT2D eigenvalue weighted by molar-refractivity contribution is -0.140. The first kappa shape index (κ1) is 27.0. The largest absolute Gasteiger partial charge is 0.461 e.